The van der Waals surface area contributed by atoms with E-state index in [9.17, 15) is 19.2 Å². The Hall–Kier alpha value is -13.1. The summed E-state index contributed by atoms with van der Waals surface area (Å²) in [5.41, 5.74) is 17.6. The Morgan fingerprint density at radius 1 is 0.384 bits per heavy atom. The summed E-state index contributed by atoms with van der Waals surface area (Å²) in [6, 6.07) is 28.5. The number of morpholine rings is 1. The van der Waals surface area contributed by atoms with Crippen molar-refractivity contribution < 1.29 is 23.7 Å². The van der Waals surface area contributed by atoms with Crippen molar-refractivity contribution in [1.82, 2.24) is 116 Å². The summed E-state index contributed by atoms with van der Waals surface area (Å²) >= 11 is 0. The molecule has 19 rings (SSSR count). The first-order chi connectivity index (χ1) is 60.7. The third kappa shape index (κ3) is 20.2. The molecule has 0 aliphatic carbocycles. The number of ether oxygens (including phenoxy) is 5. The van der Waals surface area contributed by atoms with Crippen molar-refractivity contribution in [3.8, 4) is 68.5 Å². The molecule has 3 aliphatic heterocycles. The Morgan fingerprint density at radius 3 is 1.07 bits per heavy atom. The molecule has 1 N–H and O–H groups in total. The van der Waals surface area contributed by atoms with Gasteiger partial charge in [0.15, 0.2) is 0 Å². The van der Waals surface area contributed by atoms with Crippen LogP contribution in [0.5, 0.6) is 23.0 Å². The maximum absolute atomic E-state index is 12.9. The Kier molecular flexibility index (Phi) is 26.5. The summed E-state index contributed by atoms with van der Waals surface area (Å²) in [7, 11) is 3.97. The Morgan fingerprint density at radius 2 is 0.720 bits per heavy atom. The van der Waals surface area contributed by atoms with E-state index in [2.05, 4.69) is 103 Å². The number of piperidine rings is 2. The van der Waals surface area contributed by atoms with Crippen LogP contribution < -0.4 is 46.5 Å². The zero-order valence-corrected chi connectivity index (χ0v) is 72.6. The number of aryl methyl sites for hydroxylation is 8. The van der Waals surface area contributed by atoms with E-state index in [0.29, 0.717) is 123 Å². The molecule has 3 aliphatic rings. The minimum atomic E-state index is -0.176. The number of pyridine rings is 4. The lowest BCUT2D eigenvalue weighted by atomic mass is 9.99. The fourth-order valence-electron chi connectivity index (χ4n) is 15.9. The average Bonchev–Trinajstić information content (AvgIpc) is 1.67. The van der Waals surface area contributed by atoms with Crippen molar-refractivity contribution in [3.05, 3.63) is 234 Å². The minimum Gasteiger partial charge on any atom is -0.492 e. The van der Waals surface area contributed by atoms with E-state index in [-0.39, 0.29) is 22.2 Å². The molecule has 33 heteroatoms. The largest absolute Gasteiger partial charge is 0.492 e. The van der Waals surface area contributed by atoms with Gasteiger partial charge >= 0.3 is 0 Å². The maximum atomic E-state index is 12.9. The van der Waals surface area contributed by atoms with Crippen LogP contribution in [0.15, 0.2) is 166 Å². The molecule has 33 nitrogen and oxygen atoms in total. The van der Waals surface area contributed by atoms with Crippen LogP contribution >= 0.6 is 0 Å². The lowest BCUT2D eigenvalue weighted by Gasteiger charge is -2.26. The molecule has 648 valence electrons. The highest BCUT2D eigenvalue weighted by Crippen LogP contribution is 2.28. The third-order valence-electron chi connectivity index (χ3n) is 22.4. The van der Waals surface area contributed by atoms with Gasteiger partial charge in [-0.3, -0.25) is 66.5 Å². The molecule has 0 amide bonds. The van der Waals surface area contributed by atoms with E-state index in [4.69, 9.17) is 23.7 Å². The third-order valence-corrected chi connectivity index (χ3v) is 22.4. The van der Waals surface area contributed by atoms with Crippen LogP contribution in [-0.4, -0.2) is 223 Å². The van der Waals surface area contributed by atoms with Gasteiger partial charge < -0.3 is 33.9 Å². The number of fused-ring (bicyclic) bond motifs is 8. The second-order valence-corrected chi connectivity index (χ2v) is 32.0. The number of likely N-dealkylation sites (tertiary alicyclic amines) is 1. The molecule has 3 saturated heterocycles. The van der Waals surface area contributed by atoms with E-state index in [1.807, 2.05) is 150 Å². The molecule has 0 saturated carbocycles. The van der Waals surface area contributed by atoms with E-state index < -0.39 is 0 Å². The van der Waals surface area contributed by atoms with E-state index in [0.717, 1.165) is 185 Å². The number of hydrogen-bond acceptors (Lipinski definition) is 25. The van der Waals surface area contributed by atoms with Crippen molar-refractivity contribution in [2.45, 2.75) is 120 Å². The SMILES string of the molecule is CCc1nc(C)cn2nc(-c3cc(=O)n4cc(OCC5CCNCC5)ccc4n3)cc12.CCc1nc(C)cn2nc(-c3cc(=O)n4cc(OCCCN5CCOCC5)ccc4n3)cc12.CCc1nc(C)cn2nc(-c3cc(=O)n4cc(OCCN(C)C)ccc4n3)cc12.CCc1nc(C)cn2nc(-c3cc(=O)n4cc(OCCN5CCCCC5)ccc4n3)cc12. The fraction of sp³-hybridized carbons (Fsp3) is 0.391. The van der Waals surface area contributed by atoms with Gasteiger partial charge in [0.05, 0.1) is 166 Å². The van der Waals surface area contributed by atoms with Crippen LogP contribution in [0, 0.1) is 33.6 Å². The number of nitrogens with one attached hydrogen (secondary N) is 1. The highest BCUT2D eigenvalue weighted by Gasteiger charge is 2.22. The van der Waals surface area contributed by atoms with Gasteiger partial charge in [0.1, 0.15) is 81.6 Å². The van der Waals surface area contributed by atoms with Crippen molar-refractivity contribution in [3.63, 3.8) is 0 Å². The number of nitrogens with zero attached hydrogens (tertiary/aromatic N) is 23. The fourth-order valence-corrected chi connectivity index (χ4v) is 15.9. The van der Waals surface area contributed by atoms with Crippen LogP contribution in [0.2, 0.25) is 0 Å². The van der Waals surface area contributed by atoms with E-state index in [1.165, 1.54) is 61.1 Å². The zero-order chi connectivity index (χ0) is 86.8. The number of hydrogen-bond donors (Lipinski definition) is 1. The number of likely N-dealkylation sites (N-methyl/N-ethyl adjacent to an activating group) is 1. The number of rotatable bonds is 24. The van der Waals surface area contributed by atoms with Gasteiger partial charge in [-0.15, -0.1) is 0 Å². The average molecular weight is 1690 g/mol. The van der Waals surface area contributed by atoms with Gasteiger partial charge in [0.25, 0.3) is 22.2 Å². The molecule has 0 spiro atoms. The highest BCUT2D eigenvalue weighted by atomic mass is 16.5. The molecule has 16 aromatic rings. The normalized spacial score (nSPS) is 14.2. The second kappa shape index (κ2) is 38.8. The monoisotopic (exact) mass is 1690 g/mol. The first-order valence-electron chi connectivity index (χ1n) is 43.2. The summed E-state index contributed by atoms with van der Waals surface area (Å²) < 4.78 is 42.2. The van der Waals surface area contributed by atoms with Gasteiger partial charge in [0.2, 0.25) is 0 Å². The first-order valence-corrected chi connectivity index (χ1v) is 43.2. The van der Waals surface area contributed by atoms with Gasteiger partial charge in [-0.25, -0.2) is 38.0 Å². The molecule has 16 aromatic heterocycles. The van der Waals surface area contributed by atoms with Gasteiger partial charge in [-0.1, -0.05) is 34.1 Å². The van der Waals surface area contributed by atoms with Crippen molar-refractivity contribution >= 4 is 44.7 Å². The lowest BCUT2D eigenvalue weighted by Crippen LogP contribution is -2.37. The van der Waals surface area contributed by atoms with Crippen LogP contribution in [-0.2, 0) is 30.4 Å². The first kappa shape index (κ1) is 85.5. The summed E-state index contributed by atoms with van der Waals surface area (Å²) in [5.74, 6) is 3.20. The summed E-state index contributed by atoms with van der Waals surface area (Å²) in [6.07, 6.45) is 24.6. The molecule has 0 bridgehead atoms. The quantitative estimate of drug-likeness (QED) is 0.0549. The molecular formula is C92H106N24O9. The summed E-state index contributed by atoms with van der Waals surface area (Å²) in [5, 5.41) is 21.9. The van der Waals surface area contributed by atoms with E-state index in [1.54, 1.807) is 36.9 Å². The molecule has 0 atom stereocenters. The molecule has 0 unspecified atom stereocenters. The Balaban J connectivity index is 0.000000123. The van der Waals surface area contributed by atoms with Gasteiger partial charge in [-0.2, -0.15) is 20.4 Å². The summed E-state index contributed by atoms with van der Waals surface area (Å²) in [4.78, 5) is 95.1. The molecule has 0 radical (unpaired) electrons. The van der Waals surface area contributed by atoms with Crippen molar-refractivity contribution in [2.75, 3.05) is 113 Å². The maximum Gasteiger partial charge on any atom is 0.258 e. The van der Waals surface area contributed by atoms with Gasteiger partial charge in [0, 0.05) is 57.0 Å². The standard InChI is InChI=1S/C24H28N6O3.C24H28N6O2.C23H26N6O2.C21H24N6O2/c1-3-19-22-13-21(27-30(22)15-17(2)25-19)20-14-24(31)29-16-18(5-6-23(29)26-20)33-10-4-7-28-8-11-32-12-9-28;1-3-19-22-13-21(27-30(22)15-17(2)25-19)20-14-24(31)29-16-18(7-8-23(29)26-20)32-12-11-28-9-5-4-6-10-28;1-3-18-21-10-20(27-29(21)12-15(2)25-18)19-11-23(30)28-13-17(4-5-22(28)26-19)31-14-16-6-8-24-9-7-16;1-5-16-19-10-18(24-27(19)12-14(2)22-16)17-11-21(28)26-13-15(6-7-20(26)23-17)29-9-8-25(3)4/h5-6,13-16H,3-4,7-12H2,1-2H3;7-8,13-16H,3-6,9-12H2,1-2H3;4-5,10-13,16,24H,3,6-9,14H2,1-2H3;6-7,10-13H,5,8-9H2,1-4H3. The minimum absolute atomic E-state index is 0.158. The second-order valence-electron chi connectivity index (χ2n) is 32.0. The Labute approximate surface area is 721 Å². The van der Waals surface area contributed by atoms with Crippen LogP contribution in [0.4, 0.5) is 0 Å². The van der Waals surface area contributed by atoms with Crippen LogP contribution in [0.25, 0.3) is 90.2 Å². The lowest BCUT2D eigenvalue weighted by molar-refractivity contribution is 0.0358. The van der Waals surface area contributed by atoms with Crippen LogP contribution in [0.1, 0.15) is 112 Å². The number of aromatic nitrogens is 20. The predicted molar refractivity (Wildman–Crippen MR) is 479 cm³/mol. The zero-order valence-electron chi connectivity index (χ0n) is 72.6. The van der Waals surface area contributed by atoms with E-state index >= 15 is 0 Å². The van der Waals surface area contributed by atoms with Crippen LogP contribution in [0.3, 0.4) is 0 Å². The van der Waals surface area contributed by atoms with Crippen molar-refractivity contribution in [1.29, 1.82) is 0 Å². The van der Waals surface area contributed by atoms with Gasteiger partial charge in [-0.05, 0) is 204 Å². The molecule has 125 heavy (non-hydrogen) atoms. The predicted octanol–water partition coefficient (Wildman–Crippen LogP) is 10.4. The smallest absolute Gasteiger partial charge is 0.258 e. The topological polar surface area (TPSA) is 326 Å². The highest BCUT2D eigenvalue weighted by molar-refractivity contribution is 5.70. The molecule has 3 fully saturated rings. The molecular weight excluding hydrogens is 1590 g/mol. The molecule has 0 aromatic carbocycles. The summed E-state index contributed by atoms with van der Waals surface area (Å²) in [6.45, 7) is 29.1. The molecule has 19 heterocycles. The van der Waals surface area contributed by atoms with Crippen molar-refractivity contribution in [2.24, 2.45) is 5.92 Å². The Bertz CT molecular complexity index is 6830.